The lowest BCUT2D eigenvalue weighted by Gasteiger charge is -2.11. The molecular weight excluding hydrogens is 280 g/mol. The topological polar surface area (TPSA) is 106 Å². The van der Waals surface area contributed by atoms with Gasteiger partial charge < -0.3 is 24.1 Å². The normalized spacial score (nSPS) is 10.8. The second-order valence-electron chi connectivity index (χ2n) is 4.57. The maximum atomic E-state index is 11.7. The predicted molar refractivity (Wildman–Crippen MR) is 73.0 cm³/mol. The van der Waals surface area contributed by atoms with E-state index >= 15 is 0 Å². The molecule has 2 rings (SSSR count). The summed E-state index contributed by atoms with van der Waals surface area (Å²) >= 11 is 0. The highest BCUT2D eigenvalue weighted by molar-refractivity contribution is 5.86. The molecule has 1 aromatic carbocycles. The molecule has 0 atom stereocenters. The minimum absolute atomic E-state index is 0.149. The summed E-state index contributed by atoms with van der Waals surface area (Å²) in [4.78, 5) is 22.2. The highest BCUT2D eigenvalue weighted by Gasteiger charge is 2.17. The van der Waals surface area contributed by atoms with Crippen LogP contribution >= 0.6 is 0 Å². The highest BCUT2D eigenvalue weighted by atomic mass is 16.5. The minimum Gasteiger partial charge on any atom is -0.504 e. The first-order chi connectivity index (χ1) is 9.88. The molecule has 0 amide bonds. The van der Waals surface area contributed by atoms with Crippen LogP contribution < -0.4 is 15.1 Å². The van der Waals surface area contributed by atoms with Gasteiger partial charge >= 0.3 is 11.6 Å². The zero-order chi connectivity index (χ0) is 15.6. The van der Waals surface area contributed by atoms with Crippen LogP contribution in [0.1, 0.15) is 13.8 Å². The number of fused-ring (bicyclic) bond motifs is 1. The number of benzene rings is 1. The Morgan fingerprint density at radius 2 is 2.10 bits per heavy atom. The number of rotatable bonds is 5. The number of carbonyl (C=O) groups is 1. The van der Waals surface area contributed by atoms with Gasteiger partial charge in [0.05, 0.1) is 11.5 Å². The molecule has 0 bridgehead atoms. The molecule has 7 heteroatoms. The van der Waals surface area contributed by atoms with E-state index < -0.39 is 18.2 Å². The zero-order valence-corrected chi connectivity index (χ0v) is 11.5. The van der Waals surface area contributed by atoms with Crippen LogP contribution in [-0.4, -0.2) is 28.9 Å². The molecule has 0 aliphatic rings. The zero-order valence-electron chi connectivity index (χ0n) is 11.5. The summed E-state index contributed by atoms with van der Waals surface area (Å²) in [7, 11) is 0. The summed E-state index contributed by atoms with van der Waals surface area (Å²) in [6, 6.07) is 4.23. The molecular formula is C14H14O7. The van der Waals surface area contributed by atoms with Crippen LogP contribution in [-0.2, 0) is 4.79 Å². The maximum absolute atomic E-state index is 11.7. The third-order valence-electron chi connectivity index (χ3n) is 2.53. The Morgan fingerprint density at radius 3 is 2.71 bits per heavy atom. The van der Waals surface area contributed by atoms with Crippen LogP contribution in [0.5, 0.6) is 17.2 Å². The van der Waals surface area contributed by atoms with Gasteiger partial charge in [-0.3, -0.25) is 0 Å². The molecule has 0 spiro atoms. The Kier molecular flexibility index (Phi) is 4.02. The molecule has 2 aromatic rings. The highest BCUT2D eigenvalue weighted by Crippen LogP contribution is 2.34. The largest absolute Gasteiger partial charge is 0.504 e. The Labute approximate surface area is 119 Å². The number of hydrogen-bond donors (Lipinski definition) is 2. The van der Waals surface area contributed by atoms with Gasteiger partial charge in [0, 0.05) is 0 Å². The number of carboxylic acids is 1. The summed E-state index contributed by atoms with van der Waals surface area (Å²) in [5.41, 5.74) is -0.635. The summed E-state index contributed by atoms with van der Waals surface area (Å²) in [6.07, 6.45) is -0.317. The summed E-state index contributed by atoms with van der Waals surface area (Å²) < 4.78 is 15.3. The van der Waals surface area contributed by atoms with Gasteiger partial charge in [0.25, 0.3) is 0 Å². The Bertz CT molecular complexity index is 730. The third kappa shape index (κ3) is 3.25. The average Bonchev–Trinajstić information content (AvgIpc) is 2.41. The molecule has 0 radical (unpaired) electrons. The van der Waals surface area contributed by atoms with Crippen LogP contribution in [0.25, 0.3) is 11.0 Å². The van der Waals surface area contributed by atoms with Crippen LogP contribution in [0.2, 0.25) is 0 Å². The summed E-state index contributed by atoms with van der Waals surface area (Å²) in [6.45, 7) is 2.89. The van der Waals surface area contributed by atoms with Gasteiger partial charge in [-0.1, -0.05) is 0 Å². The monoisotopic (exact) mass is 294 g/mol. The molecule has 2 N–H and O–H groups in total. The Hall–Kier alpha value is -2.70. The van der Waals surface area contributed by atoms with Crippen molar-refractivity contribution in [2.24, 2.45) is 0 Å². The van der Waals surface area contributed by atoms with E-state index in [1.165, 1.54) is 18.2 Å². The van der Waals surface area contributed by atoms with E-state index in [4.69, 9.17) is 19.0 Å². The van der Waals surface area contributed by atoms with Gasteiger partial charge in [-0.05, 0) is 32.0 Å². The van der Waals surface area contributed by atoms with Crippen molar-refractivity contribution in [3.63, 3.8) is 0 Å². The van der Waals surface area contributed by atoms with Crippen LogP contribution in [0, 0.1) is 0 Å². The lowest BCUT2D eigenvalue weighted by Crippen LogP contribution is -2.13. The fourth-order valence-electron chi connectivity index (χ4n) is 1.72. The van der Waals surface area contributed by atoms with Gasteiger partial charge in [-0.2, -0.15) is 0 Å². The fourth-order valence-corrected chi connectivity index (χ4v) is 1.72. The maximum Gasteiger partial charge on any atom is 0.383 e. The number of aliphatic carboxylic acids is 1. The molecule has 0 saturated carbocycles. The average molecular weight is 294 g/mol. The van der Waals surface area contributed by atoms with E-state index in [1.807, 2.05) is 0 Å². The van der Waals surface area contributed by atoms with Crippen molar-refractivity contribution >= 4 is 16.9 Å². The molecule has 1 aromatic heterocycles. The fraction of sp³-hybridized carbons (Fsp3) is 0.286. The number of carboxylic acid groups (broad SMARTS) is 1. The van der Waals surface area contributed by atoms with E-state index in [-0.39, 0.29) is 34.3 Å². The summed E-state index contributed by atoms with van der Waals surface area (Å²) in [5.74, 6) is -1.55. The van der Waals surface area contributed by atoms with Gasteiger partial charge in [-0.25, -0.2) is 9.59 Å². The molecule has 0 saturated heterocycles. The van der Waals surface area contributed by atoms with E-state index in [0.717, 1.165) is 0 Å². The van der Waals surface area contributed by atoms with Crippen LogP contribution in [0.3, 0.4) is 0 Å². The first-order valence-electron chi connectivity index (χ1n) is 6.19. The second-order valence-corrected chi connectivity index (χ2v) is 4.57. The third-order valence-corrected chi connectivity index (χ3v) is 2.53. The van der Waals surface area contributed by atoms with Crippen LogP contribution in [0.15, 0.2) is 27.4 Å². The predicted octanol–water partition coefficient (Wildman–Crippen LogP) is 1.75. The van der Waals surface area contributed by atoms with Gasteiger partial charge in [0.2, 0.25) is 5.75 Å². The Morgan fingerprint density at radius 1 is 1.38 bits per heavy atom. The molecule has 7 nitrogen and oxygen atoms in total. The standard InChI is InChI=1S/C14H14O7/c1-7(2)20-13-12(17)9-5-8(19-6-11(15)16)3-4-10(9)21-14(13)18/h3-5,7,17H,6H2,1-2H3,(H,15,16). The van der Waals surface area contributed by atoms with E-state index in [2.05, 4.69) is 0 Å². The first kappa shape index (κ1) is 14.7. The van der Waals surface area contributed by atoms with Crippen molar-refractivity contribution in [2.45, 2.75) is 20.0 Å². The number of aromatic hydroxyl groups is 1. The van der Waals surface area contributed by atoms with E-state index in [9.17, 15) is 14.7 Å². The van der Waals surface area contributed by atoms with E-state index in [0.29, 0.717) is 0 Å². The van der Waals surface area contributed by atoms with Crippen molar-refractivity contribution in [1.29, 1.82) is 0 Å². The van der Waals surface area contributed by atoms with Gasteiger partial charge in [0.1, 0.15) is 11.3 Å². The first-order valence-corrected chi connectivity index (χ1v) is 6.19. The number of hydrogen-bond acceptors (Lipinski definition) is 6. The van der Waals surface area contributed by atoms with Gasteiger partial charge in [0.15, 0.2) is 12.4 Å². The molecule has 0 aliphatic carbocycles. The molecule has 0 fully saturated rings. The lowest BCUT2D eigenvalue weighted by atomic mass is 10.2. The van der Waals surface area contributed by atoms with Crippen LogP contribution in [0.4, 0.5) is 0 Å². The number of ether oxygens (including phenoxy) is 2. The quantitative estimate of drug-likeness (QED) is 0.809. The molecule has 0 unspecified atom stereocenters. The SMILES string of the molecule is CC(C)Oc1c(O)c2cc(OCC(=O)O)ccc2oc1=O. The molecule has 21 heavy (non-hydrogen) atoms. The molecule has 0 aliphatic heterocycles. The van der Waals surface area contributed by atoms with Crippen molar-refractivity contribution < 1.29 is 28.9 Å². The van der Waals surface area contributed by atoms with E-state index in [1.54, 1.807) is 13.8 Å². The second kappa shape index (κ2) is 5.74. The van der Waals surface area contributed by atoms with Gasteiger partial charge in [-0.15, -0.1) is 0 Å². The lowest BCUT2D eigenvalue weighted by molar-refractivity contribution is -0.139. The summed E-state index contributed by atoms with van der Waals surface area (Å²) in [5, 5.41) is 18.9. The van der Waals surface area contributed by atoms with Crippen molar-refractivity contribution in [3.8, 4) is 17.2 Å². The molecule has 1 heterocycles. The van der Waals surface area contributed by atoms with Crippen molar-refractivity contribution in [1.82, 2.24) is 0 Å². The minimum atomic E-state index is -1.12. The Balaban J connectivity index is 2.49. The van der Waals surface area contributed by atoms with Crippen molar-refractivity contribution in [3.05, 3.63) is 28.6 Å². The molecule has 112 valence electrons. The van der Waals surface area contributed by atoms with Crippen molar-refractivity contribution in [2.75, 3.05) is 6.61 Å². The smallest absolute Gasteiger partial charge is 0.383 e.